The number of benzene rings is 2. The van der Waals surface area contributed by atoms with Crippen LogP contribution >= 0.6 is 0 Å². The maximum atomic E-state index is 12.1. The fraction of sp³-hybridized carbons (Fsp3) is 0.286. The van der Waals surface area contributed by atoms with Crippen LogP contribution in [-0.4, -0.2) is 23.1 Å². The summed E-state index contributed by atoms with van der Waals surface area (Å²) in [7, 11) is 1.61. The monoisotopic (exact) mass is 364 g/mol. The number of carbonyl (C=O) groups excluding carboxylic acids is 1. The summed E-state index contributed by atoms with van der Waals surface area (Å²) < 4.78 is 5.34. The molecule has 0 unspecified atom stereocenters. The van der Waals surface area contributed by atoms with Crippen molar-refractivity contribution in [2.75, 3.05) is 12.4 Å². The van der Waals surface area contributed by atoms with Gasteiger partial charge in [0.05, 0.1) is 12.1 Å². The second-order valence-corrected chi connectivity index (χ2v) is 6.77. The Kier molecular flexibility index (Phi) is 5.54. The van der Waals surface area contributed by atoms with Gasteiger partial charge in [-0.3, -0.25) is 4.79 Å². The van der Waals surface area contributed by atoms with E-state index >= 15 is 0 Å². The van der Waals surface area contributed by atoms with Crippen LogP contribution < -0.4 is 10.6 Å². The minimum Gasteiger partial charge on any atom is -0.375 e. The van der Waals surface area contributed by atoms with Crippen molar-refractivity contribution < 1.29 is 9.32 Å². The lowest BCUT2D eigenvalue weighted by Gasteiger charge is -2.10. The van der Waals surface area contributed by atoms with Crippen molar-refractivity contribution >= 4 is 11.6 Å². The van der Waals surface area contributed by atoms with E-state index in [4.69, 9.17) is 4.52 Å². The summed E-state index contributed by atoms with van der Waals surface area (Å²) in [5.74, 6) is 1.35. The van der Waals surface area contributed by atoms with Crippen LogP contribution in [0.1, 0.15) is 47.1 Å². The molecule has 6 heteroatoms. The molecule has 0 saturated carbocycles. The van der Waals surface area contributed by atoms with Crippen LogP contribution in [-0.2, 0) is 6.54 Å². The third-order valence-corrected chi connectivity index (χ3v) is 4.38. The number of aromatic nitrogens is 2. The van der Waals surface area contributed by atoms with Crippen LogP contribution in [0.3, 0.4) is 0 Å². The highest BCUT2D eigenvalue weighted by Gasteiger charge is 2.13. The van der Waals surface area contributed by atoms with Gasteiger partial charge in [0, 0.05) is 18.3 Å². The molecule has 3 rings (SSSR count). The fourth-order valence-corrected chi connectivity index (χ4v) is 2.77. The average molecular weight is 364 g/mol. The highest BCUT2D eigenvalue weighted by atomic mass is 16.5. The van der Waals surface area contributed by atoms with E-state index in [0.717, 1.165) is 16.8 Å². The molecule has 0 aliphatic carbocycles. The largest absolute Gasteiger partial charge is 0.375 e. The fourth-order valence-electron chi connectivity index (χ4n) is 2.77. The van der Waals surface area contributed by atoms with Gasteiger partial charge in [0.1, 0.15) is 0 Å². The van der Waals surface area contributed by atoms with Crippen molar-refractivity contribution in [2.24, 2.45) is 0 Å². The maximum absolute atomic E-state index is 12.1. The summed E-state index contributed by atoms with van der Waals surface area (Å²) >= 11 is 0. The third-order valence-electron chi connectivity index (χ3n) is 4.38. The van der Waals surface area contributed by atoms with Crippen molar-refractivity contribution in [3.05, 3.63) is 65.0 Å². The molecule has 0 radical (unpaired) electrons. The number of hydrogen-bond acceptors (Lipinski definition) is 5. The van der Waals surface area contributed by atoms with Crippen LogP contribution in [0.2, 0.25) is 0 Å². The lowest BCUT2D eigenvalue weighted by molar-refractivity contribution is 0.0963. The van der Waals surface area contributed by atoms with Gasteiger partial charge in [0.15, 0.2) is 0 Å². The zero-order valence-corrected chi connectivity index (χ0v) is 16.0. The van der Waals surface area contributed by atoms with E-state index in [2.05, 4.69) is 46.8 Å². The molecule has 27 heavy (non-hydrogen) atoms. The van der Waals surface area contributed by atoms with Crippen molar-refractivity contribution in [3.63, 3.8) is 0 Å². The van der Waals surface area contributed by atoms with Gasteiger partial charge < -0.3 is 15.2 Å². The number of hydrogen-bond donors (Lipinski definition) is 2. The summed E-state index contributed by atoms with van der Waals surface area (Å²) in [6.45, 7) is 6.60. The van der Waals surface area contributed by atoms with E-state index in [1.807, 2.05) is 37.3 Å². The van der Waals surface area contributed by atoms with Gasteiger partial charge in [-0.05, 0) is 30.5 Å². The van der Waals surface area contributed by atoms with E-state index in [1.54, 1.807) is 7.05 Å². The molecular formula is C21H24N4O2. The predicted molar refractivity (Wildman–Crippen MR) is 106 cm³/mol. The first-order chi connectivity index (χ1) is 13.0. The molecule has 0 saturated heterocycles. The van der Waals surface area contributed by atoms with Crippen LogP contribution in [0.4, 0.5) is 5.69 Å². The topological polar surface area (TPSA) is 80.0 Å². The van der Waals surface area contributed by atoms with E-state index in [9.17, 15) is 4.79 Å². The summed E-state index contributed by atoms with van der Waals surface area (Å²) in [5.41, 5.74) is 4.51. The number of aryl methyl sites for hydroxylation is 1. The van der Waals surface area contributed by atoms with Crippen molar-refractivity contribution in [1.82, 2.24) is 15.5 Å². The van der Waals surface area contributed by atoms with Gasteiger partial charge in [-0.2, -0.15) is 4.98 Å². The number of nitrogens with one attached hydrogen (secondary N) is 2. The van der Waals surface area contributed by atoms with Gasteiger partial charge in [0.25, 0.3) is 5.91 Å². The first kappa shape index (κ1) is 18.6. The van der Waals surface area contributed by atoms with Gasteiger partial charge in [-0.15, -0.1) is 0 Å². The highest BCUT2D eigenvalue weighted by molar-refractivity contribution is 5.99. The van der Waals surface area contributed by atoms with Gasteiger partial charge in [0.2, 0.25) is 11.7 Å². The lowest BCUT2D eigenvalue weighted by atomic mass is 10.0. The molecular weight excluding hydrogens is 340 g/mol. The highest BCUT2D eigenvalue weighted by Crippen LogP contribution is 2.22. The normalized spacial score (nSPS) is 10.9. The molecule has 6 nitrogen and oxygen atoms in total. The van der Waals surface area contributed by atoms with E-state index < -0.39 is 0 Å². The summed E-state index contributed by atoms with van der Waals surface area (Å²) in [6, 6.07) is 13.8. The molecule has 0 bridgehead atoms. The molecule has 0 atom stereocenters. The number of anilines is 1. The zero-order chi connectivity index (χ0) is 19.4. The molecule has 0 aliphatic rings. The molecule has 1 amide bonds. The van der Waals surface area contributed by atoms with Crippen molar-refractivity contribution in [3.8, 4) is 11.4 Å². The third kappa shape index (κ3) is 4.34. The quantitative estimate of drug-likeness (QED) is 0.687. The molecule has 2 aromatic carbocycles. The Morgan fingerprint density at radius 3 is 2.56 bits per heavy atom. The van der Waals surface area contributed by atoms with Gasteiger partial charge in [-0.1, -0.05) is 54.9 Å². The molecule has 2 N–H and O–H groups in total. The Morgan fingerprint density at radius 2 is 1.89 bits per heavy atom. The summed E-state index contributed by atoms with van der Waals surface area (Å²) in [6.07, 6.45) is 0. The zero-order valence-electron chi connectivity index (χ0n) is 16.0. The first-order valence-corrected chi connectivity index (χ1v) is 8.97. The minimum atomic E-state index is -0.141. The molecule has 0 fully saturated rings. The Morgan fingerprint density at radius 1 is 1.15 bits per heavy atom. The predicted octanol–water partition coefficient (Wildman–Crippen LogP) is 4.14. The molecule has 1 heterocycles. The Balaban J connectivity index is 1.73. The molecule has 0 aliphatic heterocycles. The molecule has 0 spiro atoms. The second-order valence-electron chi connectivity index (χ2n) is 6.77. The van der Waals surface area contributed by atoms with Crippen LogP contribution in [0.15, 0.2) is 47.0 Å². The van der Waals surface area contributed by atoms with Gasteiger partial charge >= 0.3 is 0 Å². The minimum absolute atomic E-state index is 0.141. The molecule has 1 aromatic heterocycles. The van der Waals surface area contributed by atoms with Crippen LogP contribution in [0.25, 0.3) is 11.4 Å². The standard InChI is InChI=1S/C21H24N4O2/c1-13(2)15-6-8-16(9-7-15)20-24-19(27-25-20)12-23-18-10-5-14(3)11-17(18)21(26)22-4/h5-11,13,23H,12H2,1-4H3,(H,22,26). The van der Waals surface area contributed by atoms with Crippen LogP contribution in [0.5, 0.6) is 0 Å². The smallest absolute Gasteiger partial charge is 0.253 e. The number of nitrogens with zero attached hydrogens (tertiary/aromatic N) is 2. The van der Waals surface area contributed by atoms with E-state index in [0.29, 0.717) is 29.7 Å². The summed E-state index contributed by atoms with van der Waals surface area (Å²) in [5, 5.41) is 9.91. The lowest BCUT2D eigenvalue weighted by Crippen LogP contribution is -2.19. The molecule has 3 aromatic rings. The van der Waals surface area contributed by atoms with E-state index in [1.165, 1.54) is 5.56 Å². The molecule has 140 valence electrons. The average Bonchev–Trinajstić information content (AvgIpc) is 3.15. The number of rotatable bonds is 6. The Hall–Kier alpha value is -3.15. The van der Waals surface area contributed by atoms with Crippen molar-refractivity contribution in [1.29, 1.82) is 0 Å². The Labute approximate surface area is 159 Å². The van der Waals surface area contributed by atoms with Crippen molar-refractivity contribution in [2.45, 2.75) is 33.2 Å². The summed E-state index contributed by atoms with van der Waals surface area (Å²) in [4.78, 5) is 16.5. The van der Waals surface area contributed by atoms with Crippen LogP contribution in [0, 0.1) is 6.92 Å². The number of amides is 1. The van der Waals surface area contributed by atoms with Gasteiger partial charge in [-0.25, -0.2) is 0 Å². The SMILES string of the molecule is CNC(=O)c1cc(C)ccc1NCc1nc(-c2ccc(C(C)C)cc2)no1. The second kappa shape index (κ2) is 8.03. The maximum Gasteiger partial charge on any atom is 0.253 e. The van der Waals surface area contributed by atoms with E-state index in [-0.39, 0.29) is 5.91 Å². The Bertz CT molecular complexity index is 930. The first-order valence-electron chi connectivity index (χ1n) is 8.97. The number of carbonyl (C=O) groups is 1.